The SMILES string of the molecule is CCOC(=O)C1C(c2ccc(Cl)cc2)C(C#N)=C(SCC(=O)Nc2cccc(OC)c2)NC1(O)c1ccccc1. The minimum Gasteiger partial charge on any atom is -0.497 e. The number of nitrogens with zero attached hydrogens (tertiary/aromatic N) is 1. The number of benzene rings is 3. The summed E-state index contributed by atoms with van der Waals surface area (Å²) in [5, 5.41) is 29.2. The number of esters is 1. The molecule has 0 aromatic heterocycles. The van der Waals surface area contributed by atoms with Gasteiger partial charge in [-0.1, -0.05) is 71.9 Å². The molecule has 1 aliphatic rings. The van der Waals surface area contributed by atoms with Crippen molar-refractivity contribution in [1.29, 1.82) is 5.26 Å². The van der Waals surface area contributed by atoms with Crippen molar-refractivity contribution in [1.82, 2.24) is 5.32 Å². The summed E-state index contributed by atoms with van der Waals surface area (Å²) in [4.78, 5) is 26.3. The molecule has 1 heterocycles. The van der Waals surface area contributed by atoms with Crippen LogP contribution in [0.3, 0.4) is 0 Å². The average molecular weight is 578 g/mol. The highest BCUT2D eigenvalue weighted by molar-refractivity contribution is 8.03. The Kier molecular flexibility index (Phi) is 9.38. The molecular formula is C30H28ClN3O5S. The number of methoxy groups -OCH3 is 1. The van der Waals surface area contributed by atoms with Crippen LogP contribution in [0.25, 0.3) is 0 Å². The van der Waals surface area contributed by atoms with E-state index >= 15 is 0 Å². The summed E-state index contributed by atoms with van der Waals surface area (Å²) in [6, 6.07) is 24.6. The van der Waals surface area contributed by atoms with E-state index in [0.717, 1.165) is 11.8 Å². The van der Waals surface area contributed by atoms with E-state index in [2.05, 4.69) is 16.7 Å². The monoisotopic (exact) mass is 577 g/mol. The Morgan fingerprint density at radius 1 is 1.12 bits per heavy atom. The van der Waals surface area contributed by atoms with Crippen molar-refractivity contribution in [3.63, 3.8) is 0 Å². The molecule has 1 amide bonds. The van der Waals surface area contributed by atoms with Crippen LogP contribution in [0.2, 0.25) is 5.02 Å². The fraction of sp³-hybridized carbons (Fsp3) is 0.233. The van der Waals surface area contributed by atoms with E-state index in [-0.39, 0.29) is 28.9 Å². The molecule has 4 rings (SSSR count). The first kappa shape index (κ1) is 29.0. The Bertz CT molecular complexity index is 1440. The molecule has 3 N–H and O–H groups in total. The molecule has 0 spiro atoms. The van der Waals surface area contributed by atoms with Crippen LogP contribution in [0.1, 0.15) is 24.0 Å². The summed E-state index contributed by atoms with van der Waals surface area (Å²) in [5.41, 5.74) is -0.209. The highest BCUT2D eigenvalue weighted by atomic mass is 35.5. The lowest BCUT2D eigenvalue weighted by Crippen LogP contribution is -2.56. The number of nitrogens with one attached hydrogen (secondary N) is 2. The average Bonchev–Trinajstić information content (AvgIpc) is 2.96. The van der Waals surface area contributed by atoms with Gasteiger partial charge in [-0.05, 0) is 36.8 Å². The molecule has 0 saturated heterocycles. The number of halogens is 1. The molecule has 3 atom stereocenters. The zero-order valence-electron chi connectivity index (χ0n) is 21.9. The number of thioether (sulfide) groups is 1. The van der Waals surface area contributed by atoms with Crippen molar-refractivity contribution < 1.29 is 24.2 Å². The Morgan fingerprint density at radius 3 is 2.50 bits per heavy atom. The maximum Gasteiger partial charge on any atom is 0.315 e. The molecule has 10 heteroatoms. The van der Waals surface area contributed by atoms with Gasteiger partial charge in [0, 0.05) is 28.3 Å². The molecule has 40 heavy (non-hydrogen) atoms. The van der Waals surface area contributed by atoms with E-state index in [4.69, 9.17) is 21.1 Å². The second kappa shape index (κ2) is 12.9. The van der Waals surface area contributed by atoms with Crippen LogP contribution in [0.15, 0.2) is 89.5 Å². The lowest BCUT2D eigenvalue weighted by atomic mass is 9.71. The van der Waals surface area contributed by atoms with E-state index in [0.29, 0.717) is 27.6 Å². The number of hydrogen-bond donors (Lipinski definition) is 3. The number of carbonyl (C=O) groups excluding carboxylic acids is 2. The van der Waals surface area contributed by atoms with Gasteiger partial charge in [0.1, 0.15) is 11.7 Å². The quantitative estimate of drug-likeness (QED) is 0.298. The van der Waals surface area contributed by atoms with Gasteiger partial charge in [0.05, 0.1) is 36.1 Å². The number of rotatable bonds is 9. The van der Waals surface area contributed by atoms with Gasteiger partial charge in [-0.3, -0.25) is 9.59 Å². The third-order valence-electron chi connectivity index (χ3n) is 6.45. The fourth-order valence-corrected chi connectivity index (χ4v) is 5.68. The van der Waals surface area contributed by atoms with E-state index in [1.54, 1.807) is 85.8 Å². The molecule has 0 aliphatic carbocycles. The van der Waals surface area contributed by atoms with Gasteiger partial charge in [0.2, 0.25) is 5.91 Å². The van der Waals surface area contributed by atoms with Crippen LogP contribution in [-0.4, -0.2) is 36.5 Å². The van der Waals surface area contributed by atoms with E-state index in [9.17, 15) is 20.0 Å². The Labute approximate surface area is 241 Å². The lowest BCUT2D eigenvalue weighted by molar-refractivity contribution is -0.164. The van der Waals surface area contributed by atoms with Gasteiger partial charge in [-0.15, -0.1) is 0 Å². The second-order valence-corrected chi connectivity index (χ2v) is 10.4. The van der Waals surface area contributed by atoms with Crippen LogP contribution < -0.4 is 15.4 Å². The van der Waals surface area contributed by atoms with Crippen molar-refractivity contribution in [3.8, 4) is 11.8 Å². The summed E-state index contributed by atoms with van der Waals surface area (Å²) in [5.74, 6) is -2.60. The van der Waals surface area contributed by atoms with Gasteiger partial charge in [0.15, 0.2) is 5.72 Å². The van der Waals surface area contributed by atoms with Crippen LogP contribution in [0.4, 0.5) is 5.69 Å². The van der Waals surface area contributed by atoms with Crippen molar-refractivity contribution in [3.05, 3.63) is 106 Å². The standard InChI is InChI=1S/C30H28ClN3O5S/c1-3-39-29(36)27-26(19-12-14-21(31)15-13-19)24(17-32)28(34-30(27,37)20-8-5-4-6-9-20)40-18-25(35)33-22-10-7-11-23(16-22)38-2/h4-16,26-27,34,37H,3,18H2,1-2H3,(H,33,35). The number of anilines is 1. The molecule has 206 valence electrons. The number of ether oxygens (including phenoxy) is 2. The molecule has 0 radical (unpaired) electrons. The maximum atomic E-state index is 13.5. The first-order valence-corrected chi connectivity index (χ1v) is 13.9. The van der Waals surface area contributed by atoms with Gasteiger partial charge >= 0.3 is 5.97 Å². The predicted molar refractivity (Wildman–Crippen MR) is 155 cm³/mol. The van der Waals surface area contributed by atoms with Crippen LogP contribution in [0, 0.1) is 17.2 Å². The van der Waals surface area contributed by atoms with Gasteiger partial charge in [-0.2, -0.15) is 5.26 Å². The highest BCUT2D eigenvalue weighted by Crippen LogP contribution is 2.49. The Balaban J connectivity index is 1.76. The topological polar surface area (TPSA) is 121 Å². The number of aliphatic hydroxyl groups is 1. The largest absolute Gasteiger partial charge is 0.497 e. The van der Waals surface area contributed by atoms with E-state index < -0.39 is 23.5 Å². The lowest BCUT2D eigenvalue weighted by Gasteiger charge is -2.45. The molecular weight excluding hydrogens is 550 g/mol. The molecule has 3 unspecified atom stereocenters. The Morgan fingerprint density at radius 2 is 1.85 bits per heavy atom. The summed E-state index contributed by atoms with van der Waals surface area (Å²) in [7, 11) is 1.54. The van der Waals surface area contributed by atoms with Crippen molar-refractivity contribution >= 4 is 40.9 Å². The first-order chi connectivity index (χ1) is 19.3. The zero-order valence-corrected chi connectivity index (χ0v) is 23.5. The number of nitriles is 1. The molecule has 8 nitrogen and oxygen atoms in total. The van der Waals surface area contributed by atoms with Crippen molar-refractivity contribution in [2.75, 3.05) is 24.8 Å². The number of amides is 1. The first-order valence-electron chi connectivity index (χ1n) is 12.5. The fourth-order valence-electron chi connectivity index (χ4n) is 4.65. The summed E-state index contributed by atoms with van der Waals surface area (Å²) < 4.78 is 10.6. The Hall–Kier alpha value is -3.97. The van der Waals surface area contributed by atoms with Crippen molar-refractivity contribution in [2.24, 2.45) is 5.92 Å². The summed E-state index contributed by atoms with van der Waals surface area (Å²) >= 11 is 7.19. The normalized spacial score (nSPS) is 20.2. The zero-order chi connectivity index (χ0) is 28.7. The van der Waals surface area contributed by atoms with Crippen molar-refractivity contribution in [2.45, 2.75) is 18.6 Å². The molecule has 3 aromatic carbocycles. The van der Waals surface area contributed by atoms with Gasteiger partial charge in [-0.25, -0.2) is 0 Å². The predicted octanol–water partition coefficient (Wildman–Crippen LogP) is 5.17. The molecule has 3 aromatic rings. The van der Waals surface area contributed by atoms with Crippen LogP contribution in [-0.2, 0) is 20.1 Å². The van der Waals surface area contributed by atoms with E-state index in [1.165, 1.54) is 7.11 Å². The third kappa shape index (κ3) is 6.26. The number of carbonyl (C=O) groups is 2. The molecule has 0 bridgehead atoms. The summed E-state index contributed by atoms with van der Waals surface area (Å²) in [6.45, 7) is 1.77. The molecule has 0 saturated carbocycles. The van der Waals surface area contributed by atoms with Crippen LogP contribution >= 0.6 is 23.4 Å². The van der Waals surface area contributed by atoms with Gasteiger partial charge in [0.25, 0.3) is 0 Å². The third-order valence-corrected chi connectivity index (χ3v) is 7.72. The minimum absolute atomic E-state index is 0.0764. The van der Waals surface area contributed by atoms with Gasteiger partial charge < -0.3 is 25.2 Å². The van der Waals surface area contributed by atoms with E-state index in [1.807, 2.05) is 0 Å². The minimum atomic E-state index is -1.95. The second-order valence-electron chi connectivity index (χ2n) is 8.94. The molecule has 0 fully saturated rings. The number of allylic oxidation sites excluding steroid dienone is 1. The maximum absolute atomic E-state index is 13.5. The van der Waals surface area contributed by atoms with Crippen LogP contribution in [0.5, 0.6) is 5.75 Å². The summed E-state index contributed by atoms with van der Waals surface area (Å²) in [6.07, 6.45) is 0. The molecule has 1 aliphatic heterocycles. The highest BCUT2D eigenvalue weighted by Gasteiger charge is 2.54. The smallest absolute Gasteiger partial charge is 0.315 e. The number of hydrogen-bond acceptors (Lipinski definition) is 8.